The van der Waals surface area contributed by atoms with Gasteiger partial charge in [-0.3, -0.25) is 4.79 Å². The molecule has 41 heavy (non-hydrogen) atoms. The third kappa shape index (κ3) is 11.2. The Bertz CT molecular complexity index is 1390. The maximum Gasteiger partial charge on any atom is 0.417 e. The van der Waals surface area contributed by atoms with Crippen molar-refractivity contribution in [1.82, 2.24) is 4.90 Å². The summed E-state index contributed by atoms with van der Waals surface area (Å²) in [6.45, 7) is 5.59. The second-order valence-corrected chi connectivity index (χ2v) is 11.3. The van der Waals surface area contributed by atoms with E-state index in [0.717, 1.165) is 21.6 Å². The molecule has 0 aliphatic rings. The molecule has 0 aliphatic carbocycles. The maximum atomic E-state index is 13.5. The first-order chi connectivity index (χ1) is 19.5. The van der Waals surface area contributed by atoms with Crippen molar-refractivity contribution in [3.8, 4) is 0 Å². The van der Waals surface area contributed by atoms with Crippen molar-refractivity contribution in [1.29, 1.82) is 0 Å². The van der Waals surface area contributed by atoms with Gasteiger partial charge in [-0.2, -0.15) is 0 Å². The fourth-order valence-electron chi connectivity index (χ4n) is 3.60. The van der Waals surface area contributed by atoms with Crippen LogP contribution in [-0.2, 0) is 20.9 Å². The SMILES string of the molecule is CC(C)(C)OC(=O)N(C(=O)C=CC=Cc1ccc(Cl)cc1Cl)[C@@H](C=Cc1ccc(Cl)cc1)COCc1ccccc1. The van der Waals surface area contributed by atoms with Crippen molar-refractivity contribution in [2.45, 2.75) is 39.0 Å². The van der Waals surface area contributed by atoms with Crippen LogP contribution < -0.4 is 0 Å². The highest BCUT2D eigenvalue weighted by Gasteiger charge is 2.31. The van der Waals surface area contributed by atoms with Crippen LogP contribution in [0.2, 0.25) is 15.1 Å². The highest BCUT2D eigenvalue weighted by Crippen LogP contribution is 2.22. The molecule has 0 heterocycles. The quantitative estimate of drug-likeness (QED) is 0.169. The zero-order valence-corrected chi connectivity index (χ0v) is 25.4. The monoisotopic (exact) mass is 611 g/mol. The van der Waals surface area contributed by atoms with Gasteiger partial charge < -0.3 is 9.47 Å². The van der Waals surface area contributed by atoms with Gasteiger partial charge in [0.25, 0.3) is 5.91 Å². The molecule has 0 saturated carbocycles. The van der Waals surface area contributed by atoms with Gasteiger partial charge in [0.2, 0.25) is 0 Å². The molecular formula is C33H32Cl3NO4. The zero-order valence-electron chi connectivity index (χ0n) is 23.1. The van der Waals surface area contributed by atoms with Crippen LogP contribution in [0.15, 0.2) is 97.1 Å². The molecule has 0 aliphatic heterocycles. The van der Waals surface area contributed by atoms with Gasteiger partial charge in [0.05, 0.1) is 19.3 Å². The van der Waals surface area contributed by atoms with E-state index in [-0.39, 0.29) is 6.61 Å². The van der Waals surface area contributed by atoms with Crippen molar-refractivity contribution in [2.24, 2.45) is 0 Å². The summed E-state index contributed by atoms with van der Waals surface area (Å²) in [6, 6.07) is 21.2. The van der Waals surface area contributed by atoms with E-state index in [1.165, 1.54) is 12.2 Å². The van der Waals surface area contributed by atoms with Crippen molar-refractivity contribution in [2.75, 3.05) is 6.61 Å². The van der Waals surface area contributed by atoms with Crippen LogP contribution in [0.3, 0.4) is 0 Å². The summed E-state index contributed by atoms with van der Waals surface area (Å²) < 4.78 is 11.6. The molecule has 8 heteroatoms. The second kappa shape index (κ2) is 15.6. The Morgan fingerprint density at radius 2 is 1.56 bits per heavy atom. The maximum absolute atomic E-state index is 13.5. The predicted octanol–water partition coefficient (Wildman–Crippen LogP) is 9.28. The lowest BCUT2D eigenvalue weighted by molar-refractivity contribution is -0.127. The van der Waals surface area contributed by atoms with E-state index in [9.17, 15) is 9.59 Å². The lowest BCUT2D eigenvalue weighted by Gasteiger charge is -2.30. The average Bonchev–Trinajstić information content (AvgIpc) is 2.91. The summed E-state index contributed by atoms with van der Waals surface area (Å²) in [5.74, 6) is -0.569. The van der Waals surface area contributed by atoms with Gasteiger partial charge in [0.15, 0.2) is 0 Å². The molecule has 5 nitrogen and oxygen atoms in total. The molecule has 0 saturated heterocycles. The Kier molecular flexibility index (Phi) is 12.2. The smallest absolute Gasteiger partial charge is 0.417 e. The average molecular weight is 613 g/mol. The minimum atomic E-state index is -0.820. The van der Waals surface area contributed by atoms with E-state index in [2.05, 4.69) is 0 Å². The van der Waals surface area contributed by atoms with Crippen molar-refractivity contribution >= 4 is 59.0 Å². The van der Waals surface area contributed by atoms with Crippen LogP contribution in [0.5, 0.6) is 0 Å². The largest absolute Gasteiger partial charge is 0.443 e. The third-order valence-electron chi connectivity index (χ3n) is 5.53. The summed E-state index contributed by atoms with van der Waals surface area (Å²) in [7, 11) is 0. The number of ether oxygens (including phenoxy) is 2. The molecular weight excluding hydrogens is 581 g/mol. The van der Waals surface area contributed by atoms with E-state index in [1.807, 2.05) is 48.5 Å². The lowest BCUT2D eigenvalue weighted by atomic mass is 10.1. The zero-order chi connectivity index (χ0) is 29.8. The molecule has 3 rings (SSSR count). The van der Waals surface area contributed by atoms with Crippen LogP contribution >= 0.6 is 34.8 Å². The fourth-order valence-corrected chi connectivity index (χ4v) is 4.20. The highest BCUT2D eigenvalue weighted by atomic mass is 35.5. The number of allylic oxidation sites excluding steroid dienone is 2. The number of carbonyl (C=O) groups excluding carboxylic acids is 2. The third-order valence-corrected chi connectivity index (χ3v) is 6.34. The number of rotatable bonds is 10. The molecule has 0 radical (unpaired) electrons. The molecule has 0 N–H and O–H groups in total. The van der Waals surface area contributed by atoms with Crippen LogP contribution in [-0.4, -0.2) is 35.2 Å². The molecule has 0 fully saturated rings. The standard InChI is InChI=1S/C33H32Cl3NO4/c1-33(2,3)41-32(39)37(31(38)12-8-7-11-26-16-19-28(35)21-30(26)36)29(20-15-24-13-17-27(34)18-14-24)23-40-22-25-9-5-4-6-10-25/h4-21,29H,22-23H2,1-3H3/t29-/m0/s1. The Morgan fingerprint density at radius 1 is 0.878 bits per heavy atom. The van der Waals surface area contributed by atoms with Crippen LogP contribution in [0.25, 0.3) is 12.2 Å². The first-order valence-corrected chi connectivity index (χ1v) is 14.1. The molecule has 3 aromatic rings. The van der Waals surface area contributed by atoms with Gasteiger partial charge in [-0.25, -0.2) is 9.69 Å². The van der Waals surface area contributed by atoms with Gasteiger partial charge >= 0.3 is 6.09 Å². The second-order valence-electron chi connectivity index (χ2n) is 10.1. The Hall–Kier alpha value is -3.35. The summed E-state index contributed by atoms with van der Waals surface area (Å²) >= 11 is 18.2. The molecule has 214 valence electrons. The predicted molar refractivity (Wildman–Crippen MR) is 168 cm³/mol. The molecule has 1 atom stereocenters. The number of carbonyl (C=O) groups is 2. The minimum absolute atomic E-state index is 0.0496. The first kappa shape index (κ1) is 32.2. The molecule has 0 aromatic heterocycles. The number of imide groups is 1. The van der Waals surface area contributed by atoms with Crippen molar-refractivity contribution in [3.05, 3.63) is 129 Å². The summed E-state index contributed by atoms with van der Waals surface area (Å²) in [6.07, 6.45) is 8.99. The van der Waals surface area contributed by atoms with Gasteiger partial charge in [0.1, 0.15) is 5.60 Å². The van der Waals surface area contributed by atoms with E-state index in [0.29, 0.717) is 21.7 Å². The lowest BCUT2D eigenvalue weighted by Crippen LogP contribution is -2.47. The summed E-state index contributed by atoms with van der Waals surface area (Å²) in [4.78, 5) is 27.9. The molecule has 0 bridgehead atoms. The topological polar surface area (TPSA) is 55.8 Å². The van der Waals surface area contributed by atoms with Crippen molar-refractivity contribution < 1.29 is 19.1 Å². The van der Waals surface area contributed by atoms with Gasteiger partial charge in [-0.05, 0) is 61.7 Å². The van der Waals surface area contributed by atoms with Gasteiger partial charge in [0, 0.05) is 21.1 Å². The normalized spacial score (nSPS) is 12.7. The van der Waals surface area contributed by atoms with Gasteiger partial charge in [-0.15, -0.1) is 0 Å². The van der Waals surface area contributed by atoms with Crippen LogP contribution in [0.1, 0.15) is 37.5 Å². The number of hydrogen-bond acceptors (Lipinski definition) is 4. The molecule has 0 unspecified atom stereocenters. The molecule has 0 spiro atoms. The van der Waals surface area contributed by atoms with E-state index < -0.39 is 23.6 Å². The number of halogens is 3. The summed E-state index contributed by atoms with van der Waals surface area (Å²) in [5, 5.41) is 1.61. The van der Waals surface area contributed by atoms with E-state index in [1.54, 1.807) is 69.3 Å². The first-order valence-electron chi connectivity index (χ1n) is 12.9. The number of amides is 2. The number of nitrogens with zero attached hydrogens (tertiary/aromatic N) is 1. The highest BCUT2D eigenvalue weighted by molar-refractivity contribution is 6.35. The Balaban J connectivity index is 1.88. The Morgan fingerprint density at radius 3 is 2.22 bits per heavy atom. The fraction of sp³-hybridized carbons (Fsp3) is 0.212. The van der Waals surface area contributed by atoms with E-state index in [4.69, 9.17) is 44.3 Å². The van der Waals surface area contributed by atoms with Gasteiger partial charge in [-0.1, -0.05) is 114 Å². The number of benzene rings is 3. The Labute approximate surface area is 256 Å². The van der Waals surface area contributed by atoms with Crippen molar-refractivity contribution in [3.63, 3.8) is 0 Å². The van der Waals surface area contributed by atoms with Crippen LogP contribution in [0, 0.1) is 0 Å². The molecule has 2 amide bonds. The summed E-state index contributed by atoms with van der Waals surface area (Å²) in [5.41, 5.74) is 1.72. The molecule has 3 aromatic carbocycles. The van der Waals surface area contributed by atoms with E-state index >= 15 is 0 Å². The number of hydrogen-bond donors (Lipinski definition) is 0. The minimum Gasteiger partial charge on any atom is -0.443 e. The van der Waals surface area contributed by atoms with Crippen LogP contribution in [0.4, 0.5) is 4.79 Å².